The molecule has 1 heterocycles. The van der Waals surface area contributed by atoms with Gasteiger partial charge in [-0.2, -0.15) is 5.10 Å². The molecule has 0 aliphatic heterocycles. The lowest BCUT2D eigenvalue weighted by Crippen LogP contribution is -2.41. The Morgan fingerprint density at radius 3 is 2.63 bits per heavy atom. The SMILES string of the molecule is CCNC(=NCc1c(C)nn(CCOC)c1C)N(C)CC1CCC(C)CC1. The number of ether oxygens (including phenoxy) is 1. The second kappa shape index (κ2) is 10.7. The molecular formula is C21H39N5O. The van der Waals surface area contributed by atoms with Gasteiger partial charge in [0.15, 0.2) is 5.96 Å². The van der Waals surface area contributed by atoms with Gasteiger partial charge in [0, 0.05) is 38.5 Å². The summed E-state index contributed by atoms with van der Waals surface area (Å²) in [6.45, 7) is 12.8. The van der Waals surface area contributed by atoms with Crippen molar-refractivity contribution in [3.8, 4) is 0 Å². The van der Waals surface area contributed by atoms with E-state index in [1.807, 2.05) is 4.68 Å². The quantitative estimate of drug-likeness (QED) is 0.557. The maximum Gasteiger partial charge on any atom is 0.193 e. The minimum absolute atomic E-state index is 0.666. The van der Waals surface area contributed by atoms with Crippen molar-refractivity contribution in [3.05, 3.63) is 17.0 Å². The lowest BCUT2D eigenvalue weighted by atomic mass is 9.83. The average Bonchev–Trinajstić information content (AvgIpc) is 2.92. The number of hydrogen-bond acceptors (Lipinski definition) is 3. The van der Waals surface area contributed by atoms with E-state index in [2.05, 4.69) is 50.1 Å². The van der Waals surface area contributed by atoms with Crippen LogP contribution in [0.4, 0.5) is 0 Å². The van der Waals surface area contributed by atoms with E-state index in [9.17, 15) is 0 Å². The highest BCUT2D eigenvalue weighted by molar-refractivity contribution is 5.79. The molecule has 154 valence electrons. The zero-order chi connectivity index (χ0) is 19.8. The van der Waals surface area contributed by atoms with E-state index in [1.54, 1.807) is 7.11 Å². The van der Waals surface area contributed by atoms with Gasteiger partial charge in [0.05, 0.1) is 25.4 Å². The monoisotopic (exact) mass is 377 g/mol. The molecule has 0 aromatic carbocycles. The van der Waals surface area contributed by atoms with E-state index in [1.165, 1.54) is 36.9 Å². The van der Waals surface area contributed by atoms with Gasteiger partial charge >= 0.3 is 0 Å². The molecule has 27 heavy (non-hydrogen) atoms. The molecule has 0 saturated heterocycles. The summed E-state index contributed by atoms with van der Waals surface area (Å²) in [6, 6.07) is 0. The topological polar surface area (TPSA) is 54.7 Å². The predicted octanol–water partition coefficient (Wildman–Crippen LogP) is 3.37. The number of aliphatic imine (C=N–C) groups is 1. The molecule has 1 fully saturated rings. The maximum atomic E-state index is 5.19. The number of rotatable bonds is 8. The van der Waals surface area contributed by atoms with E-state index in [-0.39, 0.29) is 0 Å². The molecule has 0 radical (unpaired) electrons. The van der Waals surface area contributed by atoms with Gasteiger partial charge in [0.1, 0.15) is 0 Å². The summed E-state index contributed by atoms with van der Waals surface area (Å²) in [4.78, 5) is 7.24. The second-order valence-corrected chi connectivity index (χ2v) is 8.04. The Morgan fingerprint density at radius 2 is 2.00 bits per heavy atom. The highest BCUT2D eigenvalue weighted by atomic mass is 16.5. The van der Waals surface area contributed by atoms with Crippen LogP contribution in [-0.4, -0.2) is 54.5 Å². The number of nitrogens with zero attached hydrogens (tertiary/aromatic N) is 4. The molecule has 1 aliphatic rings. The van der Waals surface area contributed by atoms with Crippen LogP contribution in [0.3, 0.4) is 0 Å². The molecule has 0 bridgehead atoms. The van der Waals surface area contributed by atoms with Crippen molar-refractivity contribution in [1.29, 1.82) is 0 Å². The first-order valence-corrected chi connectivity index (χ1v) is 10.5. The van der Waals surface area contributed by atoms with Gasteiger partial charge < -0.3 is 15.0 Å². The van der Waals surface area contributed by atoms with Gasteiger partial charge in [-0.3, -0.25) is 4.68 Å². The number of guanidine groups is 1. The molecular weight excluding hydrogens is 338 g/mol. The largest absolute Gasteiger partial charge is 0.383 e. The smallest absolute Gasteiger partial charge is 0.193 e. The van der Waals surface area contributed by atoms with Crippen molar-refractivity contribution < 1.29 is 4.74 Å². The lowest BCUT2D eigenvalue weighted by molar-refractivity contribution is 0.182. The number of hydrogen-bond donors (Lipinski definition) is 1. The molecule has 1 saturated carbocycles. The lowest BCUT2D eigenvalue weighted by Gasteiger charge is -2.31. The van der Waals surface area contributed by atoms with Gasteiger partial charge in [0.25, 0.3) is 0 Å². The van der Waals surface area contributed by atoms with Gasteiger partial charge in [-0.05, 0) is 45.4 Å². The first-order valence-electron chi connectivity index (χ1n) is 10.5. The third kappa shape index (κ3) is 6.23. The molecule has 0 spiro atoms. The van der Waals surface area contributed by atoms with Gasteiger partial charge in [0.2, 0.25) is 0 Å². The maximum absolute atomic E-state index is 5.19. The van der Waals surface area contributed by atoms with Crippen LogP contribution in [0.25, 0.3) is 0 Å². The predicted molar refractivity (Wildman–Crippen MR) is 112 cm³/mol. The molecule has 1 aromatic heterocycles. The molecule has 6 nitrogen and oxygen atoms in total. The molecule has 2 rings (SSSR count). The Kier molecular flexibility index (Phi) is 8.61. The van der Waals surface area contributed by atoms with Crippen LogP contribution in [0.1, 0.15) is 56.5 Å². The Morgan fingerprint density at radius 1 is 1.30 bits per heavy atom. The standard InChI is InChI=1S/C21H39N5O/c1-7-22-21(25(5)15-19-10-8-16(2)9-11-19)23-14-20-17(3)24-26(18(20)4)12-13-27-6/h16,19H,7-15H2,1-6H3,(H,22,23). The Hall–Kier alpha value is -1.56. The molecule has 0 amide bonds. The van der Waals surface area contributed by atoms with Crippen molar-refractivity contribution in [2.24, 2.45) is 16.8 Å². The molecule has 6 heteroatoms. The van der Waals surface area contributed by atoms with Crippen LogP contribution in [0.15, 0.2) is 4.99 Å². The van der Waals surface area contributed by atoms with Crippen LogP contribution < -0.4 is 5.32 Å². The van der Waals surface area contributed by atoms with E-state index < -0.39 is 0 Å². The minimum Gasteiger partial charge on any atom is -0.383 e. The van der Waals surface area contributed by atoms with Crippen LogP contribution in [0.2, 0.25) is 0 Å². The normalized spacial score (nSPS) is 20.7. The number of aryl methyl sites for hydroxylation is 1. The summed E-state index contributed by atoms with van der Waals surface area (Å²) >= 11 is 0. The van der Waals surface area contributed by atoms with E-state index >= 15 is 0 Å². The van der Waals surface area contributed by atoms with Crippen LogP contribution in [0.5, 0.6) is 0 Å². The number of nitrogens with one attached hydrogen (secondary N) is 1. The zero-order valence-electron chi connectivity index (χ0n) is 18.2. The molecule has 1 aromatic rings. The fraction of sp³-hybridized carbons (Fsp3) is 0.810. The van der Waals surface area contributed by atoms with Crippen LogP contribution in [-0.2, 0) is 17.8 Å². The van der Waals surface area contributed by atoms with Crippen molar-refractivity contribution in [2.75, 3.05) is 33.9 Å². The summed E-state index contributed by atoms with van der Waals surface area (Å²) in [5, 5.41) is 8.11. The van der Waals surface area contributed by atoms with Gasteiger partial charge in [-0.1, -0.05) is 19.8 Å². The van der Waals surface area contributed by atoms with Crippen LogP contribution in [0, 0.1) is 25.7 Å². The van der Waals surface area contributed by atoms with Crippen molar-refractivity contribution in [1.82, 2.24) is 20.0 Å². The third-order valence-electron chi connectivity index (χ3n) is 5.79. The molecule has 1 N–H and O–H groups in total. The first-order chi connectivity index (χ1) is 13.0. The van der Waals surface area contributed by atoms with Crippen molar-refractivity contribution in [3.63, 3.8) is 0 Å². The Bertz CT molecular complexity index is 602. The molecule has 1 aliphatic carbocycles. The van der Waals surface area contributed by atoms with Crippen molar-refractivity contribution in [2.45, 2.75) is 66.5 Å². The molecule has 0 atom stereocenters. The van der Waals surface area contributed by atoms with E-state index in [0.717, 1.165) is 43.1 Å². The first kappa shape index (κ1) is 21.7. The zero-order valence-corrected chi connectivity index (χ0v) is 18.2. The van der Waals surface area contributed by atoms with Gasteiger partial charge in [-0.25, -0.2) is 4.99 Å². The highest BCUT2D eigenvalue weighted by Gasteiger charge is 2.21. The average molecular weight is 378 g/mol. The van der Waals surface area contributed by atoms with E-state index in [0.29, 0.717) is 13.2 Å². The number of methoxy groups -OCH3 is 1. The summed E-state index contributed by atoms with van der Waals surface area (Å²) in [6.07, 6.45) is 5.42. The fourth-order valence-corrected chi connectivity index (χ4v) is 3.97. The summed E-state index contributed by atoms with van der Waals surface area (Å²) in [5.41, 5.74) is 3.47. The second-order valence-electron chi connectivity index (χ2n) is 8.04. The summed E-state index contributed by atoms with van der Waals surface area (Å²) < 4.78 is 7.22. The summed E-state index contributed by atoms with van der Waals surface area (Å²) in [7, 11) is 3.89. The van der Waals surface area contributed by atoms with Gasteiger partial charge in [-0.15, -0.1) is 0 Å². The summed E-state index contributed by atoms with van der Waals surface area (Å²) in [5.74, 6) is 2.68. The third-order valence-corrected chi connectivity index (χ3v) is 5.79. The Labute approximate surface area is 165 Å². The van der Waals surface area contributed by atoms with Crippen molar-refractivity contribution >= 4 is 5.96 Å². The molecule has 0 unspecified atom stereocenters. The highest BCUT2D eigenvalue weighted by Crippen LogP contribution is 2.28. The number of aromatic nitrogens is 2. The van der Waals surface area contributed by atoms with E-state index in [4.69, 9.17) is 9.73 Å². The Balaban J connectivity index is 2.03. The van der Waals surface area contributed by atoms with Crippen LogP contribution >= 0.6 is 0 Å². The fourth-order valence-electron chi connectivity index (χ4n) is 3.97. The minimum atomic E-state index is 0.666.